The number of guanidine groups is 1. The normalized spacial score (nSPS) is 20.9. The van der Waals surface area contributed by atoms with Crippen LogP contribution in [0, 0.1) is 5.92 Å². The fourth-order valence-corrected chi connectivity index (χ4v) is 4.14. The Morgan fingerprint density at radius 1 is 1.26 bits per heavy atom. The fraction of sp³-hybridized carbons (Fsp3) is 0.632. The zero-order chi connectivity index (χ0) is 19.0. The molecule has 1 fully saturated rings. The minimum Gasteiger partial charge on any atom is -0.356 e. The van der Waals surface area contributed by atoms with E-state index in [1.54, 1.807) is 14.0 Å². The maximum atomic E-state index is 11.4. The number of piperidine rings is 1. The molecule has 1 saturated heterocycles. The van der Waals surface area contributed by atoms with Gasteiger partial charge in [0.1, 0.15) is 0 Å². The zero-order valence-corrected chi connectivity index (χ0v) is 19.7. The average molecular weight is 508 g/mol. The minimum atomic E-state index is -3.10. The highest BCUT2D eigenvalue weighted by molar-refractivity contribution is 14.0. The number of aliphatic imine (C=N–C) groups is 1. The highest BCUT2D eigenvalue weighted by Gasteiger charge is 2.28. The van der Waals surface area contributed by atoms with Crippen LogP contribution in [0.3, 0.4) is 0 Å². The molecule has 0 amide bonds. The van der Waals surface area contributed by atoms with Crippen LogP contribution in [0.2, 0.25) is 0 Å². The van der Waals surface area contributed by atoms with Gasteiger partial charge in [-0.15, -0.1) is 24.0 Å². The van der Waals surface area contributed by atoms with Crippen LogP contribution in [-0.2, 0) is 10.0 Å². The predicted molar refractivity (Wildman–Crippen MR) is 123 cm³/mol. The summed E-state index contributed by atoms with van der Waals surface area (Å²) in [5, 5.41) is 3.36. The molecule has 0 bridgehead atoms. The number of nitrogens with zero attached hydrogens (tertiary/aromatic N) is 2. The first kappa shape index (κ1) is 24.2. The summed E-state index contributed by atoms with van der Waals surface area (Å²) in [6.45, 7) is 7.05. The lowest BCUT2D eigenvalue weighted by Crippen LogP contribution is -2.48. The number of halogens is 1. The number of rotatable bonds is 7. The smallest absolute Gasteiger partial charge is 0.211 e. The first-order chi connectivity index (χ1) is 12.5. The fourth-order valence-electron chi connectivity index (χ4n) is 3.48. The molecule has 2 N–H and O–H groups in total. The highest BCUT2D eigenvalue weighted by Crippen LogP contribution is 2.32. The summed E-state index contributed by atoms with van der Waals surface area (Å²) in [5.74, 6) is 2.17. The molecule has 2 rings (SSSR count). The molecule has 2 unspecified atom stereocenters. The average Bonchev–Trinajstić information content (AvgIpc) is 2.65. The lowest BCUT2D eigenvalue weighted by atomic mass is 9.82. The summed E-state index contributed by atoms with van der Waals surface area (Å²) in [5.41, 5.74) is 1.42. The second kappa shape index (κ2) is 11.9. The predicted octanol–water partition coefficient (Wildman–Crippen LogP) is 2.63. The molecule has 1 aromatic carbocycles. The first-order valence-electron chi connectivity index (χ1n) is 9.44. The van der Waals surface area contributed by atoms with E-state index in [1.165, 1.54) is 5.56 Å². The van der Waals surface area contributed by atoms with Gasteiger partial charge in [-0.2, -0.15) is 0 Å². The van der Waals surface area contributed by atoms with Gasteiger partial charge in [-0.25, -0.2) is 13.1 Å². The number of hydrogen-bond donors (Lipinski definition) is 2. The van der Waals surface area contributed by atoms with Gasteiger partial charge >= 0.3 is 0 Å². The molecule has 0 aromatic heterocycles. The number of benzene rings is 1. The van der Waals surface area contributed by atoms with Crippen molar-refractivity contribution in [1.29, 1.82) is 0 Å². The Morgan fingerprint density at radius 3 is 2.56 bits per heavy atom. The summed E-state index contributed by atoms with van der Waals surface area (Å²) in [6.07, 6.45) is 1.84. The summed E-state index contributed by atoms with van der Waals surface area (Å²) >= 11 is 0. The number of hydrogen-bond acceptors (Lipinski definition) is 3. The van der Waals surface area contributed by atoms with Gasteiger partial charge in [-0.1, -0.05) is 37.3 Å². The topological polar surface area (TPSA) is 73.8 Å². The Morgan fingerprint density at radius 2 is 1.96 bits per heavy atom. The van der Waals surface area contributed by atoms with Gasteiger partial charge in [0.2, 0.25) is 10.0 Å². The molecule has 1 heterocycles. The van der Waals surface area contributed by atoms with Crippen molar-refractivity contribution in [2.24, 2.45) is 10.9 Å². The molecule has 1 aliphatic rings. The highest BCUT2D eigenvalue weighted by atomic mass is 127. The van der Waals surface area contributed by atoms with E-state index in [9.17, 15) is 8.42 Å². The van der Waals surface area contributed by atoms with Gasteiger partial charge in [0.25, 0.3) is 0 Å². The third-order valence-corrected chi connectivity index (χ3v) is 6.39. The van der Waals surface area contributed by atoms with Gasteiger partial charge in [-0.3, -0.25) is 4.99 Å². The molecular weight excluding hydrogens is 475 g/mol. The van der Waals surface area contributed by atoms with Gasteiger partial charge in [-0.05, 0) is 37.2 Å². The summed E-state index contributed by atoms with van der Waals surface area (Å²) in [6, 6.07) is 10.7. The molecule has 0 radical (unpaired) electrons. The van der Waals surface area contributed by atoms with Crippen LogP contribution in [0.15, 0.2) is 35.3 Å². The molecule has 0 spiro atoms. The monoisotopic (exact) mass is 508 g/mol. The first-order valence-corrected chi connectivity index (χ1v) is 11.1. The van der Waals surface area contributed by atoms with Crippen LogP contribution < -0.4 is 10.0 Å². The van der Waals surface area contributed by atoms with E-state index < -0.39 is 10.0 Å². The van der Waals surface area contributed by atoms with Crippen LogP contribution in [0.4, 0.5) is 0 Å². The second-order valence-electron chi connectivity index (χ2n) is 6.85. The second-order valence-corrected chi connectivity index (χ2v) is 8.95. The van der Waals surface area contributed by atoms with E-state index in [-0.39, 0.29) is 29.7 Å². The van der Waals surface area contributed by atoms with E-state index in [0.717, 1.165) is 31.9 Å². The van der Waals surface area contributed by atoms with E-state index in [2.05, 4.69) is 57.2 Å². The minimum absolute atomic E-state index is 0. The molecule has 0 aliphatic carbocycles. The zero-order valence-electron chi connectivity index (χ0n) is 16.5. The van der Waals surface area contributed by atoms with Crippen LogP contribution in [0.5, 0.6) is 0 Å². The van der Waals surface area contributed by atoms with E-state index >= 15 is 0 Å². The summed E-state index contributed by atoms with van der Waals surface area (Å²) in [7, 11) is -1.30. The molecular formula is C19H33IN4O2S. The molecule has 8 heteroatoms. The Bertz CT molecular complexity index is 682. The maximum Gasteiger partial charge on any atom is 0.211 e. The molecule has 2 atom stereocenters. The van der Waals surface area contributed by atoms with Gasteiger partial charge in [0.15, 0.2) is 5.96 Å². The van der Waals surface area contributed by atoms with Crippen LogP contribution in [0.1, 0.15) is 38.2 Å². The third kappa shape index (κ3) is 7.57. The molecule has 154 valence electrons. The van der Waals surface area contributed by atoms with E-state index in [4.69, 9.17) is 0 Å². The standard InChI is InChI=1S/C19H32N4O2S.HI/c1-4-26(24,25)22-13-8-12-21-19(20-3)23-14-11-18(16(2)15-23)17-9-6-5-7-10-17;/h5-7,9-10,16,18,22H,4,8,11-15H2,1-3H3,(H,20,21);1H. The van der Waals surface area contributed by atoms with E-state index in [1.807, 2.05) is 0 Å². The van der Waals surface area contributed by atoms with Gasteiger partial charge in [0, 0.05) is 33.2 Å². The summed E-state index contributed by atoms with van der Waals surface area (Å²) < 4.78 is 25.4. The van der Waals surface area contributed by atoms with Crippen molar-refractivity contribution < 1.29 is 8.42 Å². The molecule has 1 aliphatic heterocycles. The van der Waals surface area contributed by atoms with Crippen molar-refractivity contribution in [2.75, 3.05) is 39.0 Å². The Hall–Kier alpha value is -0.870. The summed E-state index contributed by atoms with van der Waals surface area (Å²) in [4.78, 5) is 6.71. The molecule has 27 heavy (non-hydrogen) atoms. The number of sulfonamides is 1. The molecule has 1 aromatic rings. The Labute approximate surface area is 181 Å². The molecule has 6 nitrogen and oxygen atoms in total. The Kier molecular flexibility index (Phi) is 10.6. The quantitative estimate of drug-likeness (QED) is 0.257. The lowest BCUT2D eigenvalue weighted by molar-refractivity contribution is 0.234. The third-order valence-electron chi connectivity index (χ3n) is 4.98. The number of likely N-dealkylation sites (tertiary alicyclic amines) is 1. The van der Waals surface area contributed by atoms with Crippen LogP contribution in [0.25, 0.3) is 0 Å². The van der Waals surface area contributed by atoms with Gasteiger partial charge < -0.3 is 10.2 Å². The van der Waals surface area contributed by atoms with E-state index in [0.29, 0.717) is 24.9 Å². The lowest BCUT2D eigenvalue weighted by Gasteiger charge is -2.39. The SMILES string of the molecule is CCS(=O)(=O)NCCCNC(=NC)N1CCC(c2ccccc2)C(C)C1.I. The Balaban J connectivity index is 0.00000364. The van der Waals surface area contributed by atoms with Crippen molar-refractivity contribution in [3.8, 4) is 0 Å². The van der Waals surface area contributed by atoms with Crippen molar-refractivity contribution >= 4 is 40.0 Å². The molecule has 0 saturated carbocycles. The van der Waals surface area contributed by atoms with Crippen LogP contribution in [-0.4, -0.2) is 58.3 Å². The van der Waals surface area contributed by atoms with Crippen molar-refractivity contribution in [1.82, 2.24) is 14.9 Å². The van der Waals surface area contributed by atoms with Gasteiger partial charge in [0.05, 0.1) is 5.75 Å². The van der Waals surface area contributed by atoms with Crippen LogP contribution >= 0.6 is 24.0 Å². The maximum absolute atomic E-state index is 11.4. The van der Waals surface area contributed by atoms with Crippen molar-refractivity contribution in [3.63, 3.8) is 0 Å². The van der Waals surface area contributed by atoms with Crippen molar-refractivity contribution in [3.05, 3.63) is 35.9 Å². The largest absolute Gasteiger partial charge is 0.356 e. The number of nitrogens with one attached hydrogen (secondary N) is 2. The van der Waals surface area contributed by atoms with Crippen molar-refractivity contribution in [2.45, 2.75) is 32.6 Å².